The molecule has 0 aliphatic carbocycles. The number of aliphatic hydroxyl groups is 3. The molecule has 2 aromatic heterocycles. The van der Waals surface area contributed by atoms with Crippen LogP contribution in [-0.2, 0) is 9.47 Å². The molecule has 0 amide bonds. The summed E-state index contributed by atoms with van der Waals surface area (Å²) in [5, 5.41) is 36.7. The molecular formula is C17H26N6O5. The van der Waals surface area contributed by atoms with Crippen molar-refractivity contribution in [2.45, 2.75) is 56.9 Å². The number of hydrogen-bond acceptors (Lipinski definition) is 10. The maximum absolute atomic E-state index is 10.5. The Balaban J connectivity index is 1.77. The minimum Gasteiger partial charge on any atom is -0.394 e. The minimum absolute atomic E-state index is 0.0558. The molecule has 5 unspecified atom stereocenters. The number of aromatic nitrogens is 4. The second-order valence-electron chi connectivity index (χ2n) is 7.43. The van der Waals surface area contributed by atoms with E-state index >= 15 is 0 Å². The van der Waals surface area contributed by atoms with Gasteiger partial charge in [0.15, 0.2) is 23.2 Å². The van der Waals surface area contributed by atoms with E-state index in [1.54, 1.807) is 4.57 Å². The SMILES string of the molecule is CC(C)Nc1nc2c(NC3CCOC3)ncnc2n1C1OC(CO)C(O)C1O. The van der Waals surface area contributed by atoms with Crippen LogP contribution in [-0.4, -0.2) is 85.1 Å². The standard InChI is InChI=1S/C17H26N6O5/c1-8(2)20-17-22-11-14(21-9-3-4-27-6-9)18-7-19-15(11)23(17)16-13(26)12(25)10(5-24)28-16/h7-10,12-13,16,24-26H,3-6H2,1-2H3,(H,20,22)(H,18,19,21). The van der Waals surface area contributed by atoms with Gasteiger partial charge in [0, 0.05) is 12.6 Å². The van der Waals surface area contributed by atoms with Crippen LogP contribution in [0.4, 0.5) is 11.8 Å². The number of fused-ring (bicyclic) bond motifs is 1. The van der Waals surface area contributed by atoms with Crippen LogP contribution in [0.1, 0.15) is 26.5 Å². The zero-order valence-corrected chi connectivity index (χ0v) is 15.8. The smallest absolute Gasteiger partial charge is 0.207 e. The molecule has 28 heavy (non-hydrogen) atoms. The first kappa shape index (κ1) is 19.3. The zero-order chi connectivity index (χ0) is 19.8. The number of hydrogen-bond donors (Lipinski definition) is 5. The number of nitrogens with zero attached hydrogens (tertiary/aromatic N) is 4. The van der Waals surface area contributed by atoms with Crippen LogP contribution in [0.5, 0.6) is 0 Å². The van der Waals surface area contributed by atoms with Gasteiger partial charge in [-0.3, -0.25) is 4.57 Å². The molecule has 0 saturated carbocycles. The van der Waals surface area contributed by atoms with Crippen LogP contribution >= 0.6 is 0 Å². The van der Waals surface area contributed by atoms with Crippen LogP contribution in [0.3, 0.4) is 0 Å². The van der Waals surface area contributed by atoms with Crippen LogP contribution in [0.25, 0.3) is 11.2 Å². The molecule has 2 aliphatic rings. The van der Waals surface area contributed by atoms with E-state index in [2.05, 4.69) is 25.6 Å². The van der Waals surface area contributed by atoms with Gasteiger partial charge >= 0.3 is 0 Å². The van der Waals surface area contributed by atoms with E-state index in [1.165, 1.54) is 6.33 Å². The van der Waals surface area contributed by atoms with Crippen molar-refractivity contribution in [2.75, 3.05) is 30.5 Å². The van der Waals surface area contributed by atoms with Gasteiger partial charge in [0.2, 0.25) is 5.95 Å². The lowest BCUT2D eigenvalue weighted by atomic mass is 10.1. The van der Waals surface area contributed by atoms with E-state index in [0.717, 1.165) is 6.42 Å². The maximum atomic E-state index is 10.5. The Morgan fingerprint density at radius 2 is 2.11 bits per heavy atom. The van der Waals surface area contributed by atoms with E-state index in [-0.39, 0.29) is 12.1 Å². The molecule has 11 heteroatoms. The highest BCUT2D eigenvalue weighted by atomic mass is 16.6. The number of rotatable bonds is 6. The number of nitrogens with one attached hydrogen (secondary N) is 2. The highest BCUT2D eigenvalue weighted by Gasteiger charge is 2.45. The van der Waals surface area contributed by atoms with E-state index < -0.39 is 31.1 Å². The normalized spacial score (nSPS) is 30.4. The van der Waals surface area contributed by atoms with Gasteiger partial charge in [0.25, 0.3) is 0 Å². The molecule has 0 spiro atoms. The summed E-state index contributed by atoms with van der Waals surface area (Å²) in [6.45, 7) is 4.81. The highest BCUT2D eigenvalue weighted by molar-refractivity contribution is 5.85. The lowest BCUT2D eigenvalue weighted by Gasteiger charge is -2.20. The summed E-state index contributed by atoms with van der Waals surface area (Å²) in [5.74, 6) is 1.00. The molecule has 11 nitrogen and oxygen atoms in total. The summed E-state index contributed by atoms with van der Waals surface area (Å²) in [4.78, 5) is 13.3. The fraction of sp³-hybridized carbons (Fsp3) is 0.706. The second kappa shape index (κ2) is 7.76. The summed E-state index contributed by atoms with van der Waals surface area (Å²) in [6.07, 6.45) is -2.00. The molecule has 2 aliphatic heterocycles. The van der Waals surface area contributed by atoms with Crippen molar-refractivity contribution in [1.29, 1.82) is 0 Å². The van der Waals surface area contributed by atoms with Crippen molar-refractivity contribution in [3.8, 4) is 0 Å². The van der Waals surface area contributed by atoms with E-state index in [0.29, 0.717) is 36.1 Å². The van der Waals surface area contributed by atoms with Gasteiger partial charge < -0.3 is 35.4 Å². The van der Waals surface area contributed by atoms with E-state index in [9.17, 15) is 15.3 Å². The monoisotopic (exact) mass is 394 g/mol. The first-order valence-corrected chi connectivity index (χ1v) is 9.45. The first-order chi connectivity index (χ1) is 13.5. The largest absolute Gasteiger partial charge is 0.394 e. The number of aliphatic hydroxyl groups excluding tert-OH is 3. The Morgan fingerprint density at radius 1 is 1.29 bits per heavy atom. The Labute approximate surface area is 161 Å². The molecule has 5 atom stereocenters. The molecule has 0 aromatic carbocycles. The lowest BCUT2D eigenvalue weighted by Crippen LogP contribution is -2.33. The fourth-order valence-corrected chi connectivity index (χ4v) is 3.55. The molecule has 154 valence electrons. The predicted octanol–water partition coefficient (Wildman–Crippen LogP) is -0.541. The van der Waals surface area contributed by atoms with Crippen molar-refractivity contribution in [3.63, 3.8) is 0 Å². The Hall–Kier alpha value is -2.05. The lowest BCUT2D eigenvalue weighted by molar-refractivity contribution is -0.0501. The zero-order valence-electron chi connectivity index (χ0n) is 15.8. The Kier molecular flexibility index (Phi) is 5.34. The summed E-state index contributed by atoms with van der Waals surface area (Å²) < 4.78 is 12.7. The van der Waals surface area contributed by atoms with Gasteiger partial charge in [-0.05, 0) is 20.3 Å². The first-order valence-electron chi connectivity index (χ1n) is 9.45. The Bertz CT molecular complexity index is 824. The molecule has 4 rings (SSSR count). The fourth-order valence-electron chi connectivity index (χ4n) is 3.55. The minimum atomic E-state index is -1.24. The number of anilines is 2. The van der Waals surface area contributed by atoms with Gasteiger partial charge in [-0.15, -0.1) is 0 Å². The van der Waals surface area contributed by atoms with Crippen molar-refractivity contribution in [1.82, 2.24) is 19.5 Å². The summed E-state index contributed by atoms with van der Waals surface area (Å²) in [6, 6.07) is 0.193. The average Bonchev–Trinajstić information content (AvgIpc) is 3.35. The third-order valence-electron chi connectivity index (χ3n) is 4.94. The van der Waals surface area contributed by atoms with Crippen LogP contribution in [0, 0.1) is 0 Å². The summed E-state index contributed by atoms with van der Waals surface area (Å²) in [7, 11) is 0. The van der Waals surface area contributed by atoms with Crippen molar-refractivity contribution >= 4 is 22.9 Å². The van der Waals surface area contributed by atoms with Crippen molar-refractivity contribution in [2.24, 2.45) is 0 Å². The molecule has 0 radical (unpaired) electrons. The highest BCUT2D eigenvalue weighted by Crippen LogP contribution is 2.35. The Morgan fingerprint density at radius 3 is 2.75 bits per heavy atom. The average molecular weight is 394 g/mol. The predicted molar refractivity (Wildman–Crippen MR) is 99.9 cm³/mol. The molecule has 4 heterocycles. The molecule has 2 fully saturated rings. The number of imidazole rings is 1. The summed E-state index contributed by atoms with van der Waals surface area (Å²) >= 11 is 0. The van der Waals surface area contributed by atoms with Crippen molar-refractivity contribution < 1.29 is 24.8 Å². The topological polar surface area (TPSA) is 147 Å². The molecular weight excluding hydrogens is 368 g/mol. The third kappa shape index (κ3) is 3.40. The van der Waals surface area contributed by atoms with E-state index in [1.807, 2.05) is 13.8 Å². The quantitative estimate of drug-likeness (QED) is 0.433. The molecule has 2 aromatic rings. The molecule has 0 bridgehead atoms. The van der Waals surface area contributed by atoms with Crippen LogP contribution in [0.15, 0.2) is 6.33 Å². The maximum Gasteiger partial charge on any atom is 0.207 e. The van der Waals surface area contributed by atoms with Crippen LogP contribution in [0.2, 0.25) is 0 Å². The second-order valence-corrected chi connectivity index (χ2v) is 7.43. The van der Waals surface area contributed by atoms with Crippen molar-refractivity contribution in [3.05, 3.63) is 6.33 Å². The molecule has 2 saturated heterocycles. The van der Waals surface area contributed by atoms with E-state index in [4.69, 9.17) is 9.47 Å². The van der Waals surface area contributed by atoms with Gasteiger partial charge in [-0.25, -0.2) is 15.0 Å². The molecule has 5 N–H and O–H groups in total. The third-order valence-corrected chi connectivity index (χ3v) is 4.94. The van der Waals surface area contributed by atoms with Gasteiger partial charge in [0.05, 0.1) is 19.3 Å². The van der Waals surface area contributed by atoms with Crippen LogP contribution < -0.4 is 10.6 Å². The van der Waals surface area contributed by atoms with Gasteiger partial charge in [0.1, 0.15) is 24.6 Å². The number of ether oxygens (including phenoxy) is 2. The van der Waals surface area contributed by atoms with Gasteiger partial charge in [-0.2, -0.15) is 0 Å². The summed E-state index contributed by atoms with van der Waals surface area (Å²) in [5.41, 5.74) is 0.977. The van der Waals surface area contributed by atoms with Gasteiger partial charge in [-0.1, -0.05) is 0 Å².